The Hall–Kier alpha value is -4.41. The molecule has 0 saturated carbocycles. The highest BCUT2D eigenvalue weighted by atomic mass is 19.1. The average Bonchev–Trinajstić information content (AvgIpc) is 3.59. The summed E-state index contributed by atoms with van der Waals surface area (Å²) in [4.78, 5) is 25.8. The van der Waals surface area contributed by atoms with Crippen LogP contribution in [0.1, 0.15) is 48.4 Å². The maximum absolute atomic E-state index is 15.7. The number of imidazole rings is 1. The van der Waals surface area contributed by atoms with Crippen molar-refractivity contribution >= 4 is 11.6 Å². The van der Waals surface area contributed by atoms with Crippen LogP contribution in [-0.2, 0) is 19.0 Å². The molecule has 36 heavy (non-hydrogen) atoms. The van der Waals surface area contributed by atoms with E-state index in [4.69, 9.17) is 9.51 Å². The van der Waals surface area contributed by atoms with Crippen LogP contribution >= 0.6 is 0 Å². The number of aryl methyl sites for hydroxylation is 1. The van der Waals surface area contributed by atoms with Crippen molar-refractivity contribution in [3.05, 3.63) is 71.6 Å². The van der Waals surface area contributed by atoms with Crippen molar-refractivity contribution in [1.29, 1.82) is 0 Å². The molecular weight excluding hydrogens is 463 g/mol. The number of fused-ring (bicyclic) bond motifs is 1. The highest BCUT2D eigenvalue weighted by Crippen LogP contribution is 2.29. The maximum Gasteiger partial charge on any atom is 0.292 e. The van der Waals surface area contributed by atoms with Crippen LogP contribution in [0.2, 0.25) is 0 Å². The van der Waals surface area contributed by atoms with Gasteiger partial charge in [-0.1, -0.05) is 32.0 Å². The van der Waals surface area contributed by atoms with Crippen molar-refractivity contribution in [3.63, 3.8) is 0 Å². The first-order valence-corrected chi connectivity index (χ1v) is 11.4. The fraction of sp³-hybridized carbons (Fsp3) is 0.280. The second-order valence-electron chi connectivity index (χ2n) is 9.59. The van der Waals surface area contributed by atoms with E-state index >= 15 is 4.39 Å². The Bertz CT molecular complexity index is 1590. The van der Waals surface area contributed by atoms with E-state index in [0.29, 0.717) is 39.7 Å². The molecule has 5 aromatic rings. The molecule has 4 heterocycles. The monoisotopic (exact) mass is 488 g/mol. The first kappa shape index (κ1) is 23.3. The zero-order chi connectivity index (χ0) is 25.6. The topological polar surface area (TPSA) is 116 Å². The molecule has 0 aliphatic carbocycles. The van der Waals surface area contributed by atoms with Gasteiger partial charge < -0.3 is 9.84 Å². The van der Waals surface area contributed by atoms with Crippen molar-refractivity contribution < 1.29 is 13.7 Å². The highest BCUT2D eigenvalue weighted by Gasteiger charge is 2.24. The van der Waals surface area contributed by atoms with Crippen LogP contribution in [0.15, 0.2) is 47.5 Å². The molecule has 0 unspecified atom stereocenters. The summed E-state index contributed by atoms with van der Waals surface area (Å²) in [6.07, 6.45) is 6.93. The number of nitrogens with one attached hydrogen (secondary N) is 1. The first-order chi connectivity index (χ1) is 17.1. The standard InChI is InChI=1S/C25H25FN8O2/c1-14-15(11-28-23(35)21-31-24(36-32-21)25(2,3)4)6-7-17(20(14)26)22-30-18(16-12-29-33(5)13-16)10-19-27-8-9-34(19)22/h6-10,12-13H,11H2,1-5H3,(H,28,35). The van der Waals surface area contributed by atoms with Crippen molar-refractivity contribution in [2.75, 3.05) is 0 Å². The number of hydrogen-bond donors (Lipinski definition) is 1. The van der Waals surface area contributed by atoms with Gasteiger partial charge in [-0.25, -0.2) is 14.4 Å². The third kappa shape index (κ3) is 4.23. The van der Waals surface area contributed by atoms with Gasteiger partial charge in [0.15, 0.2) is 0 Å². The molecule has 0 spiro atoms. The molecule has 0 aliphatic heterocycles. The van der Waals surface area contributed by atoms with Gasteiger partial charge in [0.1, 0.15) is 17.3 Å². The predicted molar refractivity (Wildman–Crippen MR) is 129 cm³/mol. The van der Waals surface area contributed by atoms with Crippen molar-refractivity contribution in [2.24, 2.45) is 7.05 Å². The van der Waals surface area contributed by atoms with Crippen molar-refractivity contribution in [3.8, 4) is 22.6 Å². The number of halogens is 1. The van der Waals surface area contributed by atoms with Crippen LogP contribution in [0.4, 0.5) is 4.39 Å². The number of nitrogens with zero attached hydrogens (tertiary/aromatic N) is 7. The van der Waals surface area contributed by atoms with Gasteiger partial charge in [0.2, 0.25) is 5.89 Å². The summed E-state index contributed by atoms with van der Waals surface area (Å²) in [5, 5.41) is 10.7. The maximum atomic E-state index is 15.7. The number of carbonyl (C=O) groups excluding carboxylic acids is 1. The number of carbonyl (C=O) groups is 1. The zero-order valence-electron chi connectivity index (χ0n) is 20.6. The zero-order valence-corrected chi connectivity index (χ0v) is 20.6. The smallest absolute Gasteiger partial charge is 0.292 e. The first-order valence-electron chi connectivity index (χ1n) is 11.4. The second kappa shape index (κ2) is 8.67. The molecule has 0 saturated heterocycles. The summed E-state index contributed by atoms with van der Waals surface area (Å²) in [6.45, 7) is 7.51. The predicted octanol–water partition coefficient (Wildman–Crippen LogP) is 3.85. The molecule has 0 aliphatic rings. The quantitative estimate of drug-likeness (QED) is 0.399. The fourth-order valence-corrected chi connectivity index (χ4v) is 3.78. The van der Waals surface area contributed by atoms with Crippen LogP contribution < -0.4 is 5.32 Å². The van der Waals surface area contributed by atoms with Gasteiger partial charge in [0, 0.05) is 49.2 Å². The molecule has 1 N–H and O–H groups in total. The van der Waals surface area contributed by atoms with Gasteiger partial charge in [0.25, 0.3) is 11.7 Å². The van der Waals surface area contributed by atoms with Crippen molar-refractivity contribution in [2.45, 2.75) is 39.7 Å². The molecule has 11 heteroatoms. The Balaban J connectivity index is 1.43. The lowest BCUT2D eigenvalue weighted by Crippen LogP contribution is -2.25. The Labute approximate surface area is 206 Å². The van der Waals surface area contributed by atoms with Crippen LogP contribution in [-0.4, -0.2) is 40.2 Å². The van der Waals surface area contributed by atoms with Gasteiger partial charge in [-0.05, 0) is 24.1 Å². The number of aromatic nitrogens is 7. The van der Waals surface area contributed by atoms with E-state index in [1.165, 1.54) is 0 Å². The molecule has 0 fully saturated rings. The number of benzene rings is 1. The third-order valence-corrected chi connectivity index (χ3v) is 5.84. The van der Waals surface area contributed by atoms with Crippen LogP contribution in [0.25, 0.3) is 28.3 Å². The van der Waals surface area contributed by atoms with E-state index in [9.17, 15) is 4.79 Å². The summed E-state index contributed by atoms with van der Waals surface area (Å²) in [7, 11) is 1.82. The summed E-state index contributed by atoms with van der Waals surface area (Å²) in [6, 6.07) is 5.26. The molecule has 5 rings (SSSR count). The number of amides is 1. The lowest BCUT2D eigenvalue weighted by molar-refractivity contribution is 0.0937. The molecule has 0 atom stereocenters. The van der Waals surface area contributed by atoms with Crippen LogP contribution in [0.3, 0.4) is 0 Å². The van der Waals surface area contributed by atoms with E-state index in [1.54, 1.807) is 46.7 Å². The normalized spacial score (nSPS) is 11.8. The summed E-state index contributed by atoms with van der Waals surface area (Å²) >= 11 is 0. The molecule has 0 bridgehead atoms. The van der Waals surface area contributed by atoms with Gasteiger partial charge in [-0.3, -0.25) is 13.9 Å². The Morgan fingerprint density at radius 3 is 2.72 bits per heavy atom. The molecular formula is C25H25FN8O2. The third-order valence-electron chi connectivity index (χ3n) is 5.84. The number of hydrogen-bond acceptors (Lipinski definition) is 7. The second-order valence-corrected chi connectivity index (χ2v) is 9.59. The molecule has 1 aromatic carbocycles. The van der Waals surface area contributed by atoms with E-state index in [0.717, 1.165) is 5.56 Å². The SMILES string of the molecule is Cc1c(CNC(=O)c2noc(C(C)(C)C)n2)ccc(-c2nc(-c3cnn(C)c3)cc3nccn23)c1F. The van der Waals surface area contributed by atoms with Gasteiger partial charge >= 0.3 is 0 Å². The molecule has 10 nitrogen and oxygen atoms in total. The fourth-order valence-electron chi connectivity index (χ4n) is 3.78. The van der Waals surface area contributed by atoms with E-state index in [1.807, 2.05) is 40.1 Å². The Morgan fingerprint density at radius 2 is 2.03 bits per heavy atom. The molecule has 0 radical (unpaired) electrons. The lowest BCUT2D eigenvalue weighted by atomic mass is 9.97. The Morgan fingerprint density at radius 1 is 1.22 bits per heavy atom. The Kier molecular flexibility index (Phi) is 5.62. The average molecular weight is 489 g/mol. The van der Waals surface area contributed by atoms with Gasteiger partial charge in [-0.2, -0.15) is 10.1 Å². The molecule has 4 aromatic heterocycles. The van der Waals surface area contributed by atoms with E-state index < -0.39 is 11.7 Å². The van der Waals surface area contributed by atoms with Gasteiger partial charge in [0.05, 0.1) is 17.5 Å². The summed E-state index contributed by atoms with van der Waals surface area (Å²) in [5.41, 5.74) is 3.06. The molecule has 184 valence electrons. The van der Waals surface area contributed by atoms with E-state index in [-0.39, 0.29) is 17.8 Å². The van der Waals surface area contributed by atoms with E-state index in [2.05, 4.69) is 25.5 Å². The lowest BCUT2D eigenvalue weighted by Gasteiger charge is -2.13. The summed E-state index contributed by atoms with van der Waals surface area (Å²) in [5.74, 6) is -0.201. The van der Waals surface area contributed by atoms with Crippen LogP contribution in [0, 0.1) is 12.7 Å². The molecule has 1 amide bonds. The minimum Gasteiger partial charge on any atom is -0.345 e. The minimum absolute atomic E-state index is 0.0615. The summed E-state index contributed by atoms with van der Waals surface area (Å²) < 4.78 is 24.3. The minimum atomic E-state index is -0.496. The van der Waals surface area contributed by atoms with Crippen LogP contribution in [0.5, 0.6) is 0 Å². The largest absolute Gasteiger partial charge is 0.345 e. The number of rotatable bonds is 5. The van der Waals surface area contributed by atoms with Crippen molar-refractivity contribution in [1.82, 2.24) is 39.6 Å². The highest BCUT2D eigenvalue weighted by molar-refractivity contribution is 5.90. The van der Waals surface area contributed by atoms with Gasteiger partial charge in [-0.15, -0.1) is 0 Å².